The fourth-order valence-corrected chi connectivity index (χ4v) is 3.82. The topological polar surface area (TPSA) is 59.4 Å². The highest BCUT2D eigenvalue weighted by molar-refractivity contribution is 5.78. The molecule has 2 aromatic rings. The molecule has 1 aromatic carbocycles. The number of nitrogens with zero attached hydrogens (tertiary/aromatic N) is 3. The first-order valence-corrected chi connectivity index (χ1v) is 10.2. The highest BCUT2D eigenvalue weighted by atomic mass is 16.5. The summed E-state index contributed by atoms with van der Waals surface area (Å²) < 4.78 is 7.69. The molecule has 1 amide bonds. The van der Waals surface area contributed by atoms with Crippen molar-refractivity contribution >= 4 is 5.91 Å². The van der Waals surface area contributed by atoms with Crippen molar-refractivity contribution in [3.8, 4) is 0 Å². The van der Waals surface area contributed by atoms with Gasteiger partial charge in [0.2, 0.25) is 5.91 Å². The molecule has 0 aliphatic carbocycles. The van der Waals surface area contributed by atoms with Gasteiger partial charge in [0.1, 0.15) is 0 Å². The summed E-state index contributed by atoms with van der Waals surface area (Å²) in [6, 6.07) is 10.3. The summed E-state index contributed by atoms with van der Waals surface area (Å²) in [5.41, 5.74) is 4.42. The maximum Gasteiger partial charge on any atom is 0.234 e. The molecule has 0 radical (unpaired) electrons. The quantitative estimate of drug-likeness (QED) is 0.760. The third-order valence-corrected chi connectivity index (χ3v) is 5.47. The van der Waals surface area contributed by atoms with E-state index in [2.05, 4.69) is 34.4 Å². The molecule has 6 nitrogen and oxygen atoms in total. The Bertz CT molecular complexity index is 764. The number of amides is 1. The van der Waals surface area contributed by atoms with E-state index in [1.165, 1.54) is 5.56 Å². The van der Waals surface area contributed by atoms with E-state index < -0.39 is 0 Å². The van der Waals surface area contributed by atoms with Gasteiger partial charge in [0.25, 0.3) is 0 Å². The van der Waals surface area contributed by atoms with Crippen LogP contribution in [0.25, 0.3) is 0 Å². The van der Waals surface area contributed by atoms with Gasteiger partial charge in [-0.05, 0) is 39.2 Å². The van der Waals surface area contributed by atoms with Gasteiger partial charge in [-0.25, -0.2) is 0 Å². The number of carbonyl (C=O) groups excluding carboxylic acids is 1. The Kier molecular flexibility index (Phi) is 7.23. The van der Waals surface area contributed by atoms with Crippen molar-refractivity contribution < 1.29 is 9.53 Å². The van der Waals surface area contributed by atoms with E-state index in [9.17, 15) is 4.79 Å². The number of hydrogen-bond acceptors (Lipinski definition) is 4. The van der Waals surface area contributed by atoms with E-state index in [0.29, 0.717) is 19.2 Å². The molecular weight excluding hydrogens is 352 g/mol. The third kappa shape index (κ3) is 5.42. The van der Waals surface area contributed by atoms with Crippen molar-refractivity contribution in [2.24, 2.45) is 0 Å². The lowest BCUT2D eigenvalue weighted by molar-refractivity contribution is -0.123. The summed E-state index contributed by atoms with van der Waals surface area (Å²) in [5.74, 6) is 0.0736. The van der Waals surface area contributed by atoms with Crippen LogP contribution in [-0.2, 0) is 22.6 Å². The molecule has 6 heteroatoms. The highest BCUT2D eigenvalue weighted by Crippen LogP contribution is 2.15. The van der Waals surface area contributed by atoms with Gasteiger partial charge in [-0.2, -0.15) is 5.10 Å². The first kappa shape index (κ1) is 20.6. The van der Waals surface area contributed by atoms with Crippen LogP contribution in [0.2, 0.25) is 0 Å². The van der Waals surface area contributed by atoms with Crippen molar-refractivity contribution in [1.82, 2.24) is 20.0 Å². The molecule has 152 valence electrons. The van der Waals surface area contributed by atoms with Crippen LogP contribution in [0, 0.1) is 13.8 Å². The summed E-state index contributed by atoms with van der Waals surface area (Å²) in [6.45, 7) is 10.5. The zero-order valence-electron chi connectivity index (χ0n) is 17.3. The van der Waals surface area contributed by atoms with E-state index in [4.69, 9.17) is 4.74 Å². The Morgan fingerprint density at radius 1 is 1.21 bits per heavy atom. The Morgan fingerprint density at radius 3 is 2.61 bits per heavy atom. The second-order valence-corrected chi connectivity index (χ2v) is 7.50. The average molecular weight is 385 g/mol. The first-order valence-electron chi connectivity index (χ1n) is 10.2. The third-order valence-electron chi connectivity index (χ3n) is 5.47. The van der Waals surface area contributed by atoms with Crippen molar-refractivity contribution in [3.05, 3.63) is 52.8 Å². The molecule has 0 atom stereocenters. The lowest BCUT2D eigenvalue weighted by Gasteiger charge is -2.31. The van der Waals surface area contributed by atoms with Crippen LogP contribution in [0.1, 0.15) is 42.3 Å². The van der Waals surface area contributed by atoms with Gasteiger partial charge >= 0.3 is 0 Å². The van der Waals surface area contributed by atoms with E-state index in [-0.39, 0.29) is 5.91 Å². The molecule has 1 aliphatic rings. The van der Waals surface area contributed by atoms with Gasteiger partial charge < -0.3 is 10.1 Å². The Morgan fingerprint density at radius 2 is 1.93 bits per heavy atom. The van der Waals surface area contributed by atoms with Gasteiger partial charge in [-0.3, -0.25) is 14.4 Å². The lowest BCUT2D eigenvalue weighted by Crippen LogP contribution is -2.43. The number of aryl methyl sites for hydroxylation is 1. The smallest absolute Gasteiger partial charge is 0.234 e. The molecule has 3 rings (SSSR count). The normalized spacial score (nSPS) is 15.7. The molecule has 0 bridgehead atoms. The number of aromatic nitrogens is 2. The SMILES string of the molecule is CCOC1CCN(CC(=O)NCc2c(C)nn(Cc3ccccc3)c2C)CC1. The van der Waals surface area contributed by atoms with E-state index in [1.807, 2.05) is 36.7 Å². The summed E-state index contributed by atoms with van der Waals surface area (Å²) in [4.78, 5) is 14.6. The molecule has 1 N–H and O–H groups in total. The maximum atomic E-state index is 12.4. The highest BCUT2D eigenvalue weighted by Gasteiger charge is 2.21. The molecule has 0 spiro atoms. The average Bonchev–Trinajstić information content (AvgIpc) is 2.95. The lowest BCUT2D eigenvalue weighted by atomic mass is 10.1. The molecule has 1 aromatic heterocycles. The largest absolute Gasteiger partial charge is 0.378 e. The number of likely N-dealkylation sites (tertiary alicyclic amines) is 1. The number of ether oxygens (including phenoxy) is 1. The van der Waals surface area contributed by atoms with Crippen molar-refractivity contribution in [2.75, 3.05) is 26.2 Å². The zero-order chi connectivity index (χ0) is 19.9. The second-order valence-electron chi connectivity index (χ2n) is 7.50. The maximum absolute atomic E-state index is 12.4. The molecule has 0 saturated carbocycles. The molecular formula is C22H32N4O2. The second kappa shape index (κ2) is 9.85. The molecule has 1 aliphatic heterocycles. The van der Waals surface area contributed by atoms with Crippen LogP contribution in [0.4, 0.5) is 0 Å². The van der Waals surface area contributed by atoms with Crippen LogP contribution >= 0.6 is 0 Å². The van der Waals surface area contributed by atoms with Gasteiger partial charge in [-0.15, -0.1) is 0 Å². The van der Waals surface area contributed by atoms with Crippen LogP contribution < -0.4 is 5.32 Å². The summed E-state index contributed by atoms with van der Waals surface area (Å²) in [5, 5.41) is 7.74. The van der Waals surface area contributed by atoms with Crippen LogP contribution in [0.3, 0.4) is 0 Å². The predicted octanol–water partition coefficient (Wildman–Crippen LogP) is 2.67. The van der Waals surface area contributed by atoms with E-state index >= 15 is 0 Å². The monoisotopic (exact) mass is 384 g/mol. The number of nitrogens with one attached hydrogen (secondary N) is 1. The number of piperidine rings is 1. The Labute approximate surface area is 167 Å². The van der Waals surface area contributed by atoms with E-state index in [1.54, 1.807) is 0 Å². The standard InChI is InChI=1S/C22H32N4O2/c1-4-28-20-10-12-25(13-11-20)16-22(27)23-14-21-17(2)24-26(18(21)3)15-19-8-6-5-7-9-19/h5-9,20H,4,10-16H2,1-3H3,(H,23,27). The van der Waals surface area contributed by atoms with Crippen molar-refractivity contribution in [1.29, 1.82) is 0 Å². The van der Waals surface area contributed by atoms with E-state index in [0.717, 1.165) is 56.0 Å². The summed E-state index contributed by atoms with van der Waals surface area (Å²) in [6.07, 6.45) is 2.36. The molecule has 2 heterocycles. The van der Waals surface area contributed by atoms with Gasteiger partial charge in [0, 0.05) is 37.5 Å². The fourth-order valence-electron chi connectivity index (χ4n) is 3.82. The summed E-state index contributed by atoms with van der Waals surface area (Å²) >= 11 is 0. The number of hydrogen-bond donors (Lipinski definition) is 1. The van der Waals surface area contributed by atoms with Gasteiger partial charge in [0.15, 0.2) is 0 Å². The minimum Gasteiger partial charge on any atom is -0.378 e. The predicted molar refractivity (Wildman–Crippen MR) is 110 cm³/mol. The van der Waals surface area contributed by atoms with Crippen molar-refractivity contribution in [3.63, 3.8) is 0 Å². The zero-order valence-corrected chi connectivity index (χ0v) is 17.3. The minimum absolute atomic E-state index is 0.0736. The van der Waals surface area contributed by atoms with Crippen LogP contribution in [-0.4, -0.2) is 52.9 Å². The number of benzene rings is 1. The number of rotatable bonds is 8. The molecule has 28 heavy (non-hydrogen) atoms. The van der Waals surface area contributed by atoms with Gasteiger partial charge in [-0.1, -0.05) is 30.3 Å². The summed E-state index contributed by atoms with van der Waals surface area (Å²) in [7, 11) is 0. The van der Waals surface area contributed by atoms with Crippen LogP contribution in [0.5, 0.6) is 0 Å². The Hall–Kier alpha value is -2.18. The molecule has 1 saturated heterocycles. The van der Waals surface area contributed by atoms with Gasteiger partial charge in [0.05, 0.1) is 24.9 Å². The first-order chi connectivity index (χ1) is 13.6. The number of carbonyl (C=O) groups is 1. The van der Waals surface area contributed by atoms with Crippen molar-refractivity contribution in [2.45, 2.75) is 52.8 Å². The Balaban J connectivity index is 1.50. The molecule has 1 fully saturated rings. The van der Waals surface area contributed by atoms with Crippen LogP contribution in [0.15, 0.2) is 30.3 Å². The minimum atomic E-state index is 0.0736. The fraction of sp³-hybridized carbons (Fsp3) is 0.545. The molecule has 0 unspecified atom stereocenters.